The number of aromatic nitrogens is 3. The second kappa shape index (κ2) is 6.06. The molecule has 3 aromatic heterocycles. The summed E-state index contributed by atoms with van der Waals surface area (Å²) in [5, 5.41) is 2.20. The number of aryl methyl sites for hydroxylation is 1. The van der Waals surface area contributed by atoms with Crippen LogP contribution in [0.5, 0.6) is 0 Å². The molecule has 0 aliphatic carbocycles. The van der Waals surface area contributed by atoms with Crippen LogP contribution in [-0.4, -0.2) is 15.0 Å². The molecule has 0 saturated carbocycles. The quantitative estimate of drug-likeness (QED) is 0.486. The predicted molar refractivity (Wildman–Crippen MR) is 108 cm³/mol. The Morgan fingerprint density at radius 1 is 0.889 bits per heavy atom. The van der Waals surface area contributed by atoms with Crippen molar-refractivity contribution < 1.29 is 4.42 Å². The van der Waals surface area contributed by atoms with E-state index in [4.69, 9.17) is 15.1 Å². The third kappa shape index (κ3) is 2.51. The van der Waals surface area contributed by atoms with E-state index in [2.05, 4.69) is 29.0 Å². The number of benzene rings is 2. The number of para-hydroxylation sites is 2. The van der Waals surface area contributed by atoms with E-state index in [9.17, 15) is 0 Å². The Hall–Kier alpha value is -3.47. The summed E-state index contributed by atoms with van der Waals surface area (Å²) in [6, 6.07) is 18.2. The molecule has 0 atom stereocenters. The summed E-state index contributed by atoms with van der Waals surface area (Å²) in [6.45, 7) is 2.11. The average molecular weight is 354 g/mol. The van der Waals surface area contributed by atoms with Gasteiger partial charge in [0.05, 0.1) is 16.9 Å². The Labute approximate surface area is 155 Å². The van der Waals surface area contributed by atoms with E-state index in [-0.39, 0.29) is 0 Å². The number of pyridine rings is 1. The Bertz CT molecular complexity index is 1310. The van der Waals surface area contributed by atoms with Crippen molar-refractivity contribution in [2.24, 2.45) is 0 Å². The van der Waals surface area contributed by atoms with Crippen molar-refractivity contribution in [1.82, 2.24) is 15.0 Å². The van der Waals surface area contributed by atoms with Crippen LogP contribution in [0.15, 0.2) is 59.0 Å². The monoisotopic (exact) mass is 354 g/mol. The lowest BCUT2D eigenvalue weighted by Gasteiger charge is -2.08. The largest absolute Gasteiger partial charge is 0.455 e. The molecule has 0 aliphatic heterocycles. The molecule has 2 aromatic carbocycles. The van der Waals surface area contributed by atoms with Gasteiger partial charge in [-0.05, 0) is 30.7 Å². The average Bonchev–Trinajstić information content (AvgIpc) is 3.07. The van der Waals surface area contributed by atoms with Crippen molar-refractivity contribution in [3.8, 4) is 11.3 Å². The molecular formula is C22H18N4O. The van der Waals surface area contributed by atoms with Crippen molar-refractivity contribution in [2.75, 3.05) is 5.73 Å². The number of nitrogens with two attached hydrogens (primary N) is 1. The molecule has 5 rings (SSSR count). The number of hydrogen-bond acceptors (Lipinski definition) is 5. The maximum Gasteiger partial charge on any atom is 0.220 e. The molecule has 132 valence electrons. The lowest BCUT2D eigenvalue weighted by Crippen LogP contribution is -2.02. The summed E-state index contributed by atoms with van der Waals surface area (Å²) in [4.78, 5) is 13.6. The zero-order valence-electron chi connectivity index (χ0n) is 14.9. The van der Waals surface area contributed by atoms with Crippen molar-refractivity contribution in [3.63, 3.8) is 0 Å². The lowest BCUT2D eigenvalue weighted by molar-refractivity contribution is 0.670. The van der Waals surface area contributed by atoms with E-state index in [1.54, 1.807) is 0 Å². The van der Waals surface area contributed by atoms with Crippen molar-refractivity contribution in [1.29, 1.82) is 0 Å². The molecule has 5 aromatic rings. The SMILES string of the molecule is CCCc1nc(N)nc2ccc(-c3cccc4c3oc3ccccc34)nc12. The molecule has 2 N–H and O–H groups in total. The number of anilines is 1. The number of fused-ring (bicyclic) bond motifs is 4. The fourth-order valence-electron chi connectivity index (χ4n) is 3.60. The first-order valence-corrected chi connectivity index (χ1v) is 9.08. The highest BCUT2D eigenvalue weighted by Gasteiger charge is 2.14. The van der Waals surface area contributed by atoms with Crippen LogP contribution in [0.3, 0.4) is 0 Å². The highest BCUT2D eigenvalue weighted by molar-refractivity contribution is 6.09. The predicted octanol–water partition coefficient (Wildman–Crippen LogP) is 5.13. The van der Waals surface area contributed by atoms with Crippen LogP contribution >= 0.6 is 0 Å². The fourth-order valence-corrected chi connectivity index (χ4v) is 3.60. The molecule has 0 fully saturated rings. The Balaban J connectivity index is 1.78. The molecule has 3 heterocycles. The number of hydrogen-bond donors (Lipinski definition) is 1. The van der Waals surface area contributed by atoms with E-state index in [0.29, 0.717) is 5.95 Å². The Morgan fingerprint density at radius 3 is 2.63 bits per heavy atom. The first-order chi connectivity index (χ1) is 13.2. The van der Waals surface area contributed by atoms with Gasteiger partial charge in [0, 0.05) is 16.3 Å². The lowest BCUT2D eigenvalue weighted by atomic mass is 10.1. The first-order valence-electron chi connectivity index (χ1n) is 9.08. The fraction of sp³-hybridized carbons (Fsp3) is 0.136. The first kappa shape index (κ1) is 15.8. The van der Waals surface area contributed by atoms with Crippen molar-refractivity contribution in [2.45, 2.75) is 19.8 Å². The maximum absolute atomic E-state index is 6.16. The third-order valence-electron chi connectivity index (χ3n) is 4.80. The molecule has 0 radical (unpaired) electrons. The minimum Gasteiger partial charge on any atom is -0.455 e. The zero-order chi connectivity index (χ0) is 18.4. The molecule has 0 unspecified atom stereocenters. The molecule has 0 saturated heterocycles. The number of furan rings is 1. The van der Waals surface area contributed by atoms with Crippen LogP contribution in [0, 0.1) is 0 Å². The Morgan fingerprint density at radius 2 is 1.74 bits per heavy atom. The van der Waals surface area contributed by atoms with Gasteiger partial charge in [-0.2, -0.15) is 0 Å². The molecule has 0 amide bonds. The van der Waals surface area contributed by atoms with E-state index in [1.165, 1.54) is 0 Å². The topological polar surface area (TPSA) is 77.8 Å². The number of nitrogens with zero attached hydrogens (tertiary/aromatic N) is 3. The second-order valence-electron chi connectivity index (χ2n) is 6.62. The van der Waals surface area contributed by atoms with E-state index in [0.717, 1.165) is 62.8 Å². The molecule has 0 bridgehead atoms. The summed E-state index contributed by atoms with van der Waals surface area (Å²) in [6.07, 6.45) is 1.78. The minimum absolute atomic E-state index is 0.292. The summed E-state index contributed by atoms with van der Waals surface area (Å²) in [5.74, 6) is 0.292. The van der Waals surface area contributed by atoms with Gasteiger partial charge in [0.1, 0.15) is 16.7 Å². The summed E-state index contributed by atoms with van der Waals surface area (Å²) < 4.78 is 6.16. The molecular weight excluding hydrogens is 336 g/mol. The van der Waals surface area contributed by atoms with Gasteiger partial charge >= 0.3 is 0 Å². The van der Waals surface area contributed by atoms with Crippen LogP contribution in [0.25, 0.3) is 44.2 Å². The van der Waals surface area contributed by atoms with Crippen LogP contribution in [0.2, 0.25) is 0 Å². The van der Waals surface area contributed by atoms with E-state index >= 15 is 0 Å². The van der Waals surface area contributed by atoms with Gasteiger partial charge in [-0.3, -0.25) is 0 Å². The van der Waals surface area contributed by atoms with Gasteiger partial charge in [-0.15, -0.1) is 0 Å². The smallest absolute Gasteiger partial charge is 0.220 e. The summed E-state index contributed by atoms with van der Waals surface area (Å²) in [5.41, 5.74) is 11.8. The van der Waals surface area contributed by atoms with Crippen LogP contribution in [0.4, 0.5) is 5.95 Å². The van der Waals surface area contributed by atoms with Crippen molar-refractivity contribution >= 4 is 38.9 Å². The Kier molecular flexibility index (Phi) is 3.53. The van der Waals surface area contributed by atoms with Crippen molar-refractivity contribution in [3.05, 3.63) is 60.3 Å². The van der Waals surface area contributed by atoms with Gasteiger partial charge in [0.2, 0.25) is 5.95 Å². The zero-order valence-corrected chi connectivity index (χ0v) is 14.9. The van der Waals surface area contributed by atoms with Gasteiger partial charge in [0.15, 0.2) is 0 Å². The highest BCUT2D eigenvalue weighted by atomic mass is 16.3. The molecule has 0 aliphatic rings. The van der Waals surface area contributed by atoms with Gasteiger partial charge in [0.25, 0.3) is 0 Å². The van der Waals surface area contributed by atoms with Gasteiger partial charge < -0.3 is 10.2 Å². The standard InChI is InChI=1S/C22H18N4O/c1-2-6-17-20-18(26-22(23)25-17)12-11-16(24-20)15-9-5-8-14-13-7-3-4-10-19(13)27-21(14)15/h3-5,7-12H,2,6H2,1H3,(H2,23,25,26). The number of nitrogen functional groups attached to an aromatic ring is 1. The van der Waals surface area contributed by atoms with Gasteiger partial charge in [-0.25, -0.2) is 15.0 Å². The summed E-state index contributed by atoms with van der Waals surface area (Å²) >= 11 is 0. The maximum atomic E-state index is 6.16. The molecule has 5 heteroatoms. The molecule has 27 heavy (non-hydrogen) atoms. The van der Waals surface area contributed by atoms with Crippen LogP contribution in [-0.2, 0) is 6.42 Å². The van der Waals surface area contributed by atoms with Crippen LogP contribution < -0.4 is 5.73 Å². The van der Waals surface area contributed by atoms with Gasteiger partial charge in [-0.1, -0.05) is 43.7 Å². The van der Waals surface area contributed by atoms with Crippen LogP contribution in [0.1, 0.15) is 19.0 Å². The minimum atomic E-state index is 0.292. The molecule has 0 spiro atoms. The third-order valence-corrected chi connectivity index (χ3v) is 4.80. The number of rotatable bonds is 3. The molecule has 5 nitrogen and oxygen atoms in total. The summed E-state index contributed by atoms with van der Waals surface area (Å²) in [7, 11) is 0. The van der Waals surface area contributed by atoms with E-state index < -0.39 is 0 Å². The second-order valence-corrected chi connectivity index (χ2v) is 6.62. The van der Waals surface area contributed by atoms with E-state index in [1.807, 2.05) is 42.5 Å². The normalized spacial score (nSPS) is 11.6. The highest BCUT2D eigenvalue weighted by Crippen LogP contribution is 2.35.